The first-order valence-electron chi connectivity index (χ1n) is 16.9. The lowest BCUT2D eigenvalue weighted by atomic mass is 10.2. The van der Waals surface area contributed by atoms with Gasteiger partial charge >= 0.3 is 0 Å². The molecule has 0 aromatic rings. The van der Waals surface area contributed by atoms with Crippen molar-refractivity contribution in [2.24, 2.45) is 34.4 Å². The van der Waals surface area contributed by atoms with Gasteiger partial charge in [-0.15, -0.1) is 0 Å². The van der Waals surface area contributed by atoms with Crippen molar-refractivity contribution in [3.63, 3.8) is 0 Å². The molecule has 48 heavy (non-hydrogen) atoms. The fourth-order valence-electron chi connectivity index (χ4n) is 5.31. The molecule has 1 fully saturated rings. The van der Waals surface area contributed by atoms with Crippen LogP contribution in [-0.2, 0) is 28.8 Å². The summed E-state index contributed by atoms with van der Waals surface area (Å²) < 4.78 is 0. The van der Waals surface area contributed by atoms with E-state index in [0.717, 1.165) is 0 Å². The molecule has 18 nitrogen and oxygen atoms in total. The van der Waals surface area contributed by atoms with E-state index in [1.807, 2.05) is 0 Å². The van der Waals surface area contributed by atoms with Crippen LogP contribution >= 0.6 is 0 Å². The molecule has 0 bridgehead atoms. The van der Waals surface area contributed by atoms with E-state index in [0.29, 0.717) is 0 Å². The van der Waals surface area contributed by atoms with Crippen LogP contribution in [0, 0.1) is 0 Å². The van der Waals surface area contributed by atoms with Crippen LogP contribution in [0.3, 0.4) is 0 Å². The predicted molar refractivity (Wildman–Crippen MR) is 182 cm³/mol. The summed E-state index contributed by atoms with van der Waals surface area (Å²) in [5.41, 5.74) is 34.1. The SMILES string of the molecule is NCCC(=O)N1CCN(C(=O)CCN)CCN(C(=O)CCN)CCN(C(=O)CCN)CCN(C(=O)CCN)CCN(C(=O)CCN)CC1. The minimum atomic E-state index is -0.230. The van der Waals surface area contributed by atoms with Gasteiger partial charge in [-0.05, 0) is 0 Å². The Hall–Kier alpha value is -3.42. The summed E-state index contributed by atoms with van der Waals surface area (Å²) >= 11 is 0. The Bertz CT molecular complexity index is 793. The topological polar surface area (TPSA) is 278 Å². The van der Waals surface area contributed by atoms with Crippen molar-refractivity contribution in [3.8, 4) is 0 Å². The second kappa shape index (κ2) is 24.7. The Labute approximate surface area is 284 Å². The highest BCUT2D eigenvalue weighted by Gasteiger charge is 2.25. The zero-order valence-corrected chi connectivity index (χ0v) is 28.6. The van der Waals surface area contributed by atoms with Crippen LogP contribution in [0.5, 0.6) is 0 Å². The summed E-state index contributed by atoms with van der Waals surface area (Å²) in [7, 11) is 0. The normalized spacial score (nSPS) is 16.4. The third-order valence-electron chi connectivity index (χ3n) is 8.10. The third-order valence-corrected chi connectivity index (χ3v) is 8.10. The van der Waals surface area contributed by atoms with Crippen LogP contribution in [0.15, 0.2) is 0 Å². The molecule has 1 rings (SSSR count). The Morgan fingerprint density at radius 2 is 0.375 bits per heavy atom. The Morgan fingerprint density at radius 3 is 0.458 bits per heavy atom. The zero-order chi connectivity index (χ0) is 35.9. The summed E-state index contributed by atoms with van der Waals surface area (Å²) in [5.74, 6) is -1.38. The van der Waals surface area contributed by atoms with Crippen molar-refractivity contribution in [1.29, 1.82) is 0 Å². The maximum atomic E-state index is 13.1. The Kier molecular flexibility index (Phi) is 21.9. The standard InChI is InChI=1S/C30H60N12O6/c31-7-1-25(43)37-13-15-38(26(44)2-8-32)17-19-40(28(46)4-10-34)21-23-42(30(48)6-12-36)24-22-41(29(47)5-11-35)20-18-39(16-14-37)27(45)3-9-33/h1-24,31-36H2. The molecule has 1 saturated heterocycles. The number of carbonyl (C=O) groups excluding carboxylic acids is 6. The molecule has 0 unspecified atom stereocenters. The van der Waals surface area contributed by atoms with E-state index in [-0.39, 0.29) is 192 Å². The zero-order valence-electron chi connectivity index (χ0n) is 28.6. The van der Waals surface area contributed by atoms with Gasteiger partial charge in [-0.1, -0.05) is 0 Å². The van der Waals surface area contributed by atoms with Gasteiger partial charge in [0.05, 0.1) is 0 Å². The highest BCUT2D eigenvalue weighted by atomic mass is 16.2. The van der Waals surface area contributed by atoms with Gasteiger partial charge in [-0.25, -0.2) is 0 Å². The number of hydrogen-bond donors (Lipinski definition) is 6. The molecule has 0 aromatic heterocycles. The Morgan fingerprint density at radius 1 is 0.271 bits per heavy atom. The smallest absolute Gasteiger partial charge is 0.223 e. The summed E-state index contributed by atoms with van der Waals surface area (Å²) in [6, 6.07) is 0. The largest absolute Gasteiger partial charge is 0.339 e. The van der Waals surface area contributed by atoms with E-state index in [1.54, 1.807) is 29.4 Å². The van der Waals surface area contributed by atoms with Crippen molar-refractivity contribution < 1.29 is 28.8 Å². The number of amides is 6. The minimum absolute atomic E-state index is 0.0790. The van der Waals surface area contributed by atoms with Crippen LogP contribution in [0.4, 0.5) is 0 Å². The molecule has 0 saturated carbocycles. The molecule has 18 heteroatoms. The quantitative estimate of drug-likeness (QED) is 0.113. The fraction of sp³-hybridized carbons (Fsp3) is 0.800. The van der Waals surface area contributed by atoms with Crippen LogP contribution < -0.4 is 34.4 Å². The maximum Gasteiger partial charge on any atom is 0.223 e. The molecule has 276 valence electrons. The lowest BCUT2D eigenvalue weighted by Crippen LogP contribution is -2.51. The van der Waals surface area contributed by atoms with Gasteiger partial charge in [0.15, 0.2) is 0 Å². The summed E-state index contributed by atoms with van der Waals surface area (Å²) in [4.78, 5) is 88.1. The fourth-order valence-corrected chi connectivity index (χ4v) is 5.31. The van der Waals surface area contributed by atoms with Crippen LogP contribution in [0.1, 0.15) is 38.5 Å². The molecule has 0 aromatic carbocycles. The first-order chi connectivity index (χ1) is 23.1. The molecule has 0 atom stereocenters. The minimum Gasteiger partial charge on any atom is -0.339 e. The van der Waals surface area contributed by atoms with Gasteiger partial charge in [0.2, 0.25) is 35.4 Å². The number of nitrogens with two attached hydrogens (primary N) is 6. The van der Waals surface area contributed by atoms with E-state index < -0.39 is 0 Å². The van der Waals surface area contributed by atoms with Crippen molar-refractivity contribution in [2.75, 3.05) is 118 Å². The lowest BCUT2D eigenvalue weighted by molar-refractivity contribution is -0.139. The molecule has 6 amide bonds. The highest BCUT2D eigenvalue weighted by Crippen LogP contribution is 2.07. The average Bonchev–Trinajstić information content (AvgIpc) is 3.04. The Balaban J connectivity index is 3.55. The first kappa shape index (κ1) is 42.6. The summed E-state index contributed by atoms with van der Waals surface area (Å²) in [6.07, 6.45) is 0.474. The number of carbonyl (C=O) groups is 6. The molecule has 12 N–H and O–H groups in total. The first-order valence-corrected chi connectivity index (χ1v) is 16.9. The maximum absolute atomic E-state index is 13.1. The van der Waals surface area contributed by atoms with E-state index in [4.69, 9.17) is 34.4 Å². The van der Waals surface area contributed by atoms with Gasteiger partial charge in [0.1, 0.15) is 0 Å². The third kappa shape index (κ3) is 15.7. The number of nitrogens with zero attached hydrogens (tertiary/aromatic N) is 6. The van der Waals surface area contributed by atoms with E-state index >= 15 is 0 Å². The molecule has 1 heterocycles. The van der Waals surface area contributed by atoms with E-state index in [1.165, 1.54) is 0 Å². The second-order valence-corrected chi connectivity index (χ2v) is 11.5. The van der Waals surface area contributed by atoms with E-state index in [9.17, 15) is 28.8 Å². The van der Waals surface area contributed by atoms with Crippen molar-refractivity contribution in [2.45, 2.75) is 38.5 Å². The van der Waals surface area contributed by atoms with Gasteiger partial charge in [-0.3, -0.25) is 28.8 Å². The molecule has 0 radical (unpaired) electrons. The highest BCUT2D eigenvalue weighted by molar-refractivity contribution is 5.80. The second-order valence-electron chi connectivity index (χ2n) is 11.5. The van der Waals surface area contributed by atoms with Gasteiger partial charge in [0, 0.05) is 156 Å². The van der Waals surface area contributed by atoms with Crippen molar-refractivity contribution in [3.05, 3.63) is 0 Å². The number of rotatable bonds is 12. The molecule has 1 aliphatic rings. The van der Waals surface area contributed by atoms with Crippen LogP contribution in [0.25, 0.3) is 0 Å². The molecule has 1 aliphatic heterocycles. The van der Waals surface area contributed by atoms with Gasteiger partial charge in [-0.2, -0.15) is 0 Å². The lowest BCUT2D eigenvalue weighted by Gasteiger charge is -2.34. The van der Waals surface area contributed by atoms with Gasteiger partial charge < -0.3 is 63.8 Å². The van der Waals surface area contributed by atoms with Crippen LogP contribution in [0.2, 0.25) is 0 Å². The van der Waals surface area contributed by atoms with Crippen LogP contribution in [-0.4, -0.2) is 183 Å². The predicted octanol–water partition coefficient (Wildman–Crippen LogP) is -4.94. The van der Waals surface area contributed by atoms with Crippen molar-refractivity contribution >= 4 is 35.4 Å². The monoisotopic (exact) mass is 684 g/mol. The molecular formula is C30H60N12O6. The molecule has 0 spiro atoms. The summed E-state index contributed by atoms with van der Waals surface area (Å²) in [6.45, 7) is 2.68. The molecular weight excluding hydrogens is 624 g/mol. The average molecular weight is 685 g/mol. The summed E-state index contributed by atoms with van der Waals surface area (Å²) in [5, 5.41) is 0. The van der Waals surface area contributed by atoms with Gasteiger partial charge in [0.25, 0.3) is 0 Å². The van der Waals surface area contributed by atoms with E-state index in [2.05, 4.69) is 0 Å². The van der Waals surface area contributed by atoms with Crippen molar-refractivity contribution in [1.82, 2.24) is 29.4 Å². The molecule has 0 aliphatic carbocycles. The number of hydrogen-bond acceptors (Lipinski definition) is 12.